The molecule has 0 saturated carbocycles. The number of terminal acetylenes is 1. The number of aliphatic hydroxyl groups is 1. The Bertz CT molecular complexity index is 1110. The summed E-state index contributed by atoms with van der Waals surface area (Å²) in [6.45, 7) is 5.59. The molecule has 0 saturated heterocycles. The van der Waals surface area contributed by atoms with Gasteiger partial charge in [0.05, 0.1) is 29.7 Å². The molecule has 0 aliphatic carbocycles. The van der Waals surface area contributed by atoms with E-state index in [0.717, 1.165) is 29.8 Å². The van der Waals surface area contributed by atoms with Crippen molar-refractivity contribution in [3.8, 4) is 29.7 Å². The predicted molar refractivity (Wildman–Crippen MR) is 126 cm³/mol. The average molecular weight is 470 g/mol. The van der Waals surface area contributed by atoms with Crippen LogP contribution in [0.1, 0.15) is 24.6 Å². The van der Waals surface area contributed by atoms with Crippen molar-refractivity contribution in [2.45, 2.75) is 32.9 Å². The van der Waals surface area contributed by atoms with Gasteiger partial charge in [-0.25, -0.2) is 13.5 Å². The van der Waals surface area contributed by atoms with Gasteiger partial charge in [-0.3, -0.25) is 4.90 Å². The highest BCUT2D eigenvalue weighted by molar-refractivity contribution is 5.43. The molecular formula is C26H29F2N3O3. The lowest BCUT2D eigenvalue weighted by atomic mass is 10.2. The molecule has 6 nitrogen and oxygen atoms in total. The number of aryl methyl sites for hydroxylation is 1. The second kappa shape index (κ2) is 12.3. The zero-order valence-electron chi connectivity index (χ0n) is 19.4. The molecule has 1 atom stereocenters. The number of hydrogen-bond donors (Lipinski definition) is 1. The van der Waals surface area contributed by atoms with Gasteiger partial charge in [-0.05, 0) is 44.2 Å². The first-order valence-corrected chi connectivity index (χ1v) is 11.1. The van der Waals surface area contributed by atoms with Crippen molar-refractivity contribution in [1.29, 1.82) is 0 Å². The highest BCUT2D eigenvalue weighted by atomic mass is 19.1. The Morgan fingerprint density at radius 2 is 1.97 bits per heavy atom. The number of hydrogen-bond acceptors (Lipinski definition) is 5. The van der Waals surface area contributed by atoms with E-state index < -0.39 is 17.7 Å². The molecule has 3 rings (SSSR count). The lowest BCUT2D eigenvalue weighted by molar-refractivity contribution is 0.0259. The standard InChI is InChI=1S/C26H29F2N3O3/c1-4-13-30(16-22(32)18-33-14-5-2)17-23-19(3)29-31(21-9-7-6-8-10-21)26(23)34-25-12-11-20(27)15-24(25)28/h2,6-12,15,22,32H,4,13-14,16-18H2,1,3H3/t22-/m0/s1. The van der Waals surface area contributed by atoms with Crippen LogP contribution in [0.25, 0.3) is 5.69 Å². The van der Waals surface area contributed by atoms with Gasteiger partial charge < -0.3 is 14.6 Å². The molecule has 0 spiro atoms. The molecule has 34 heavy (non-hydrogen) atoms. The van der Waals surface area contributed by atoms with Crippen molar-refractivity contribution >= 4 is 0 Å². The van der Waals surface area contributed by atoms with Crippen LogP contribution in [0.15, 0.2) is 48.5 Å². The number of halogens is 2. The summed E-state index contributed by atoms with van der Waals surface area (Å²) in [4.78, 5) is 2.05. The number of nitrogens with zero attached hydrogens (tertiary/aromatic N) is 3. The fourth-order valence-corrected chi connectivity index (χ4v) is 3.61. The van der Waals surface area contributed by atoms with Gasteiger partial charge in [-0.1, -0.05) is 31.0 Å². The van der Waals surface area contributed by atoms with Gasteiger partial charge in [-0.15, -0.1) is 6.42 Å². The van der Waals surface area contributed by atoms with Gasteiger partial charge in [-0.2, -0.15) is 5.10 Å². The SMILES string of the molecule is C#CCOC[C@@H](O)CN(CCC)Cc1c(C)nn(-c2ccccc2)c1Oc1ccc(F)cc1F. The minimum atomic E-state index is -0.809. The number of ether oxygens (including phenoxy) is 2. The summed E-state index contributed by atoms with van der Waals surface area (Å²) in [6, 6.07) is 12.5. The molecule has 3 aromatic rings. The van der Waals surface area contributed by atoms with E-state index in [2.05, 4.69) is 15.9 Å². The van der Waals surface area contributed by atoms with E-state index in [0.29, 0.717) is 31.2 Å². The Balaban J connectivity index is 1.94. The molecule has 0 bridgehead atoms. The van der Waals surface area contributed by atoms with Crippen molar-refractivity contribution in [2.24, 2.45) is 0 Å². The number of aromatic nitrogens is 2. The summed E-state index contributed by atoms with van der Waals surface area (Å²) in [7, 11) is 0. The Labute approximate surface area is 198 Å². The average Bonchev–Trinajstić information content (AvgIpc) is 3.11. The van der Waals surface area contributed by atoms with Gasteiger partial charge in [0.15, 0.2) is 11.6 Å². The third-order valence-electron chi connectivity index (χ3n) is 5.12. The monoisotopic (exact) mass is 469 g/mol. The third-order valence-corrected chi connectivity index (χ3v) is 5.12. The fourth-order valence-electron chi connectivity index (χ4n) is 3.61. The molecule has 1 N–H and O–H groups in total. The van der Waals surface area contributed by atoms with Crippen LogP contribution >= 0.6 is 0 Å². The molecule has 0 fully saturated rings. The number of rotatable bonds is 12. The van der Waals surface area contributed by atoms with E-state index in [9.17, 15) is 13.9 Å². The summed E-state index contributed by atoms with van der Waals surface area (Å²) < 4.78 is 40.7. The maximum atomic E-state index is 14.4. The zero-order valence-corrected chi connectivity index (χ0v) is 19.4. The number of para-hydroxylation sites is 1. The summed E-state index contributed by atoms with van der Waals surface area (Å²) in [5, 5.41) is 15.0. The normalized spacial score (nSPS) is 12.0. The molecule has 0 amide bonds. The van der Waals surface area contributed by atoms with Crippen LogP contribution in [-0.4, -0.2) is 52.2 Å². The largest absolute Gasteiger partial charge is 0.435 e. The Morgan fingerprint density at radius 1 is 1.21 bits per heavy atom. The molecule has 2 aromatic carbocycles. The first kappa shape index (κ1) is 25.4. The molecule has 1 aromatic heterocycles. The Kier molecular flexibility index (Phi) is 9.16. The Morgan fingerprint density at radius 3 is 2.65 bits per heavy atom. The van der Waals surface area contributed by atoms with Gasteiger partial charge in [0.25, 0.3) is 0 Å². The van der Waals surface area contributed by atoms with Crippen molar-refractivity contribution in [3.05, 3.63) is 71.4 Å². The third kappa shape index (κ3) is 6.64. The van der Waals surface area contributed by atoms with Gasteiger partial charge in [0.2, 0.25) is 5.88 Å². The maximum absolute atomic E-state index is 14.4. The van der Waals surface area contributed by atoms with Crippen molar-refractivity contribution in [2.75, 3.05) is 26.3 Å². The highest BCUT2D eigenvalue weighted by Gasteiger charge is 2.23. The first-order chi connectivity index (χ1) is 16.4. The number of aliphatic hydroxyl groups excluding tert-OH is 1. The van der Waals surface area contributed by atoms with E-state index in [-0.39, 0.29) is 19.0 Å². The van der Waals surface area contributed by atoms with E-state index >= 15 is 0 Å². The van der Waals surface area contributed by atoms with Crippen molar-refractivity contribution in [1.82, 2.24) is 14.7 Å². The molecule has 0 unspecified atom stereocenters. The van der Waals surface area contributed by atoms with Gasteiger partial charge in [0.1, 0.15) is 12.4 Å². The smallest absolute Gasteiger partial charge is 0.227 e. The predicted octanol–water partition coefficient (Wildman–Crippen LogP) is 4.47. The van der Waals surface area contributed by atoms with Crippen LogP contribution in [0.2, 0.25) is 0 Å². The molecule has 180 valence electrons. The van der Waals surface area contributed by atoms with Crippen LogP contribution in [0, 0.1) is 30.9 Å². The van der Waals surface area contributed by atoms with E-state index in [1.807, 2.05) is 44.2 Å². The van der Waals surface area contributed by atoms with E-state index in [1.54, 1.807) is 4.68 Å². The quantitative estimate of drug-likeness (QED) is 0.313. The summed E-state index contributed by atoms with van der Waals surface area (Å²) >= 11 is 0. The topological polar surface area (TPSA) is 59.8 Å². The van der Waals surface area contributed by atoms with Gasteiger partial charge in [0, 0.05) is 19.2 Å². The molecule has 0 aliphatic heterocycles. The maximum Gasteiger partial charge on any atom is 0.227 e. The van der Waals surface area contributed by atoms with E-state index in [1.165, 1.54) is 6.07 Å². The van der Waals surface area contributed by atoms with Crippen LogP contribution < -0.4 is 4.74 Å². The van der Waals surface area contributed by atoms with Gasteiger partial charge >= 0.3 is 0 Å². The summed E-state index contributed by atoms with van der Waals surface area (Å²) in [6.07, 6.45) is 5.31. The zero-order chi connectivity index (χ0) is 24.5. The fraction of sp³-hybridized carbons (Fsp3) is 0.346. The second-order valence-electron chi connectivity index (χ2n) is 7.90. The molecular weight excluding hydrogens is 440 g/mol. The summed E-state index contributed by atoms with van der Waals surface area (Å²) in [5.41, 5.74) is 2.16. The van der Waals surface area contributed by atoms with Crippen molar-refractivity contribution in [3.63, 3.8) is 0 Å². The molecule has 0 aliphatic rings. The van der Waals surface area contributed by atoms with Crippen LogP contribution in [0.3, 0.4) is 0 Å². The highest BCUT2D eigenvalue weighted by Crippen LogP contribution is 2.33. The first-order valence-electron chi connectivity index (χ1n) is 11.1. The van der Waals surface area contributed by atoms with Crippen LogP contribution in [-0.2, 0) is 11.3 Å². The minimum Gasteiger partial charge on any atom is -0.435 e. The lowest BCUT2D eigenvalue weighted by Gasteiger charge is -2.25. The second-order valence-corrected chi connectivity index (χ2v) is 7.90. The van der Waals surface area contributed by atoms with Crippen molar-refractivity contribution < 1.29 is 23.4 Å². The van der Waals surface area contributed by atoms with Crippen LogP contribution in [0.4, 0.5) is 8.78 Å². The lowest BCUT2D eigenvalue weighted by Crippen LogP contribution is -2.35. The van der Waals surface area contributed by atoms with Crippen LogP contribution in [0.5, 0.6) is 11.6 Å². The molecule has 1 heterocycles. The number of benzene rings is 2. The minimum absolute atomic E-state index is 0.107. The van der Waals surface area contributed by atoms with E-state index in [4.69, 9.17) is 15.9 Å². The molecule has 8 heteroatoms. The summed E-state index contributed by atoms with van der Waals surface area (Å²) in [5.74, 6) is 1.10. The Hall–Kier alpha value is -3.25. The molecule has 0 radical (unpaired) electrons.